The molecule has 1 amide bonds. The molecule has 0 aliphatic rings. The molecule has 3 N–H and O–H groups in total. The molecule has 1 aromatic heterocycles. The smallest absolute Gasteiger partial charge is 0.407 e. The largest absolute Gasteiger partial charge is 0.444 e. The van der Waals surface area contributed by atoms with Crippen molar-refractivity contribution in [2.24, 2.45) is 5.21 Å². The molecule has 2 aromatic rings. The van der Waals surface area contributed by atoms with Crippen LogP contribution in [-0.4, -0.2) is 17.1 Å². The average molecular weight is 323 g/mol. The summed E-state index contributed by atoms with van der Waals surface area (Å²) in [6.07, 6.45) is -0.513. The highest BCUT2D eigenvalue weighted by Gasteiger charge is 2.05. The minimum Gasteiger partial charge on any atom is -0.444 e. The van der Waals surface area contributed by atoms with Gasteiger partial charge in [0.2, 0.25) is 0 Å². The number of amidine groups is 1. The second-order valence-electron chi connectivity index (χ2n) is 4.25. The Labute approximate surface area is 130 Å². The van der Waals surface area contributed by atoms with Crippen molar-refractivity contribution in [1.82, 2.24) is 10.8 Å². The summed E-state index contributed by atoms with van der Waals surface area (Å²) in [6, 6.07) is 10.3. The van der Waals surface area contributed by atoms with Crippen molar-refractivity contribution in [3.63, 3.8) is 0 Å². The Hall–Kier alpha value is -2.45. The fourth-order valence-corrected chi connectivity index (χ4v) is 2.29. The van der Waals surface area contributed by atoms with Crippen LogP contribution in [0.1, 0.15) is 16.0 Å². The number of halogens is 1. The van der Waals surface area contributed by atoms with E-state index in [2.05, 4.69) is 10.5 Å². The van der Waals surface area contributed by atoms with E-state index in [0.29, 0.717) is 5.56 Å². The lowest BCUT2D eigenvalue weighted by molar-refractivity contribution is 0.140. The van der Waals surface area contributed by atoms with Gasteiger partial charge in [-0.1, -0.05) is 40.0 Å². The first-order valence-electron chi connectivity index (χ1n) is 6.34. The van der Waals surface area contributed by atoms with Crippen molar-refractivity contribution in [2.75, 3.05) is 0 Å². The summed E-state index contributed by atoms with van der Waals surface area (Å²) in [4.78, 5) is 12.5. The number of alkyl carbamates (subject to hydrolysis) is 1. The average Bonchev–Trinajstić information content (AvgIpc) is 3.07. The van der Waals surface area contributed by atoms with Gasteiger partial charge in [0.1, 0.15) is 6.61 Å². The van der Waals surface area contributed by atoms with Gasteiger partial charge in [-0.05, 0) is 17.0 Å². The number of nitrogens with one attached hydrogen (secondary N) is 2. The van der Waals surface area contributed by atoms with Crippen LogP contribution in [0.4, 0.5) is 9.28 Å². The molecule has 0 saturated heterocycles. The number of hydroxylamine groups is 1. The SMILES string of the molecule is O=C(NCc1ccc(/C(=N\F)NO)cc1)OCc1cccs1. The van der Waals surface area contributed by atoms with E-state index in [0.717, 1.165) is 10.4 Å². The van der Waals surface area contributed by atoms with Gasteiger partial charge in [0.25, 0.3) is 0 Å². The van der Waals surface area contributed by atoms with E-state index >= 15 is 0 Å². The first-order valence-corrected chi connectivity index (χ1v) is 7.22. The number of thiophene rings is 1. The summed E-state index contributed by atoms with van der Waals surface area (Å²) < 4.78 is 17.2. The molecule has 1 heterocycles. The molecule has 22 heavy (non-hydrogen) atoms. The molecular formula is C14H14FN3O3S. The van der Waals surface area contributed by atoms with Crippen LogP contribution in [0.25, 0.3) is 0 Å². The standard InChI is InChI=1S/C14H14FN3O3S/c15-17-13(18-20)11-5-3-10(4-6-11)8-16-14(19)21-9-12-2-1-7-22-12/h1-7,20H,8-9H2,(H,16,19)(H,17,18). The maximum atomic E-state index is 12.2. The van der Waals surface area contributed by atoms with Crippen LogP contribution in [0, 0.1) is 0 Å². The molecule has 8 heteroatoms. The van der Waals surface area contributed by atoms with Crippen LogP contribution in [0.2, 0.25) is 0 Å². The van der Waals surface area contributed by atoms with E-state index in [9.17, 15) is 9.28 Å². The van der Waals surface area contributed by atoms with E-state index in [1.54, 1.807) is 29.7 Å². The van der Waals surface area contributed by atoms with Crippen molar-refractivity contribution in [1.29, 1.82) is 0 Å². The molecule has 0 fully saturated rings. The van der Waals surface area contributed by atoms with Crippen molar-refractivity contribution in [3.8, 4) is 0 Å². The zero-order chi connectivity index (χ0) is 15.8. The number of rotatable bonds is 5. The van der Waals surface area contributed by atoms with Gasteiger partial charge >= 0.3 is 6.09 Å². The third-order valence-corrected chi connectivity index (χ3v) is 3.63. The van der Waals surface area contributed by atoms with Crippen LogP contribution < -0.4 is 10.8 Å². The van der Waals surface area contributed by atoms with Gasteiger partial charge in [0.05, 0.1) is 0 Å². The summed E-state index contributed by atoms with van der Waals surface area (Å²) in [7, 11) is 0. The topological polar surface area (TPSA) is 83.0 Å². The molecule has 0 atom stereocenters. The summed E-state index contributed by atoms with van der Waals surface area (Å²) in [5.74, 6) is -0.283. The summed E-state index contributed by atoms with van der Waals surface area (Å²) in [5, 5.41) is 15.6. The summed E-state index contributed by atoms with van der Waals surface area (Å²) >= 11 is 1.51. The molecule has 0 radical (unpaired) electrons. The van der Waals surface area contributed by atoms with Crippen LogP contribution in [0.3, 0.4) is 0 Å². The van der Waals surface area contributed by atoms with Crippen molar-refractivity contribution < 1.29 is 19.2 Å². The Morgan fingerprint density at radius 3 is 2.68 bits per heavy atom. The first-order chi connectivity index (χ1) is 10.7. The molecule has 0 aliphatic carbocycles. The molecule has 6 nitrogen and oxygen atoms in total. The van der Waals surface area contributed by atoms with E-state index in [1.807, 2.05) is 17.5 Å². The molecule has 116 valence electrons. The van der Waals surface area contributed by atoms with E-state index in [4.69, 9.17) is 9.94 Å². The minimum absolute atomic E-state index is 0.237. The van der Waals surface area contributed by atoms with Crippen LogP contribution in [0.15, 0.2) is 47.0 Å². The number of nitrogens with zero attached hydrogens (tertiary/aromatic N) is 1. The molecule has 2 rings (SSSR count). The molecule has 1 aromatic carbocycles. The van der Waals surface area contributed by atoms with Crippen molar-refractivity contribution >= 4 is 23.3 Å². The van der Waals surface area contributed by atoms with E-state index < -0.39 is 6.09 Å². The zero-order valence-corrected chi connectivity index (χ0v) is 12.3. The van der Waals surface area contributed by atoms with E-state index in [1.165, 1.54) is 11.3 Å². The van der Waals surface area contributed by atoms with Crippen molar-refractivity contribution in [3.05, 3.63) is 57.8 Å². The molecule has 0 aliphatic heterocycles. The Morgan fingerprint density at radius 1 is 1.32 bits per heavy atom. The predicted molar refractivity (Wildman–Crippen MR) is 80.4 cm³/mol. The minimum atomic E-state index is -0.513. The maximum absolute atomic E-state index is 12.2. The molecule has 0 unspecified atom stereocenters. The van der Waals surface area contributed by atoms with Gasteiger partial charge in [-0.2, -0.15) is 0 Å². The number of amides is 1. The number of benzene rings is 1. The second kappa shape index (κ2) is 8.11. The Morgan fingerprint density at radius 2 is 2.09 bits per heavy atom. The maximum Gasteiger partial charge on any atom is 0.407 e. The molecule has 0 saturated carbocycles. The third kappa shape index (κ3) is 4.54. The monoisotopic (exact) mass is 323 g/mol. The Kier molecular flexibility index (Phi) is 5.87. The second-order valence-corrected chi connectivity index (χ2v) is 5.28. The lowest BCUT2D eigenvalue weighted by Crippen LogP contribution is -2.23. The van der Waals surface area contributed by atoms with Crippen molar-refractivity contribution in [2.45, 2.75) is 13.2 Å². The van der Waals surface area contributed by atoms with Crippen LogP contribution in [-0.2, 0) is 17.9 Å². The first kappa shape index (κ1) is 15.9. The number of carbonyl (C=O) groups excluding carboxylic acids is 1. The fraction of sp³-hybridized carbons (Fsp3) is 0.143. The van der Waals surface area contributed by atoms with Gasteiger partial charge in [0.15, 0.2) is 5.84 Å². The van der Waals surface area contributed by atoms with Gasteiger partial charge in [-0.3, -0.25) is 5.21 Å². The van der Waals surface area contributed by atoms with Gasteiger partial charge in [-0.25, -0.2) is 10.3 Å². The zero-order valence-electron chi connectivity index (χ0n) is 11.5. The number of carbonyl (C=O) groups is 1. The number of ether oxygens (including phenoxy) is 1. The molecule has 0 spiro atoms. The number of hydrogen-bond donors (Lipinski definition) is 3. The summed E-state index contributed by atoms with van der Waals surface area (Å²) in [5.41, 5.74) is 2.84. The molecule has 0 bridgehead atoms. The van der Waals surface area contributed by atoms with Gasteiger partial charge in [-0.15, -0.1) is 11.3 Å². The Balaban J connectivity index is 1.80. The lowest BCUT2D eigenvalue weighted by atomic mass is 10.1. The van der Waals surface area contributed by atoms with Gasteiger partial charge in [0, 0.05) is 17.0 Å². The Bertz CT molecular complexity index is 629. The van der Waals surface area contributed by atoms with Crippen LogP contribution in [0.5, 0.6) is 0 Å². The predicted octanol–water partition coefficient (Wildman–Crippen LogP) is 2.78. The normalized spacial score (nSPS) is 11.1. The fourth-order valence-electron chi connectivity index (χ4n) is 1.67. The highest BCUT2D eigenvalue weighted by Crippen LogP contribution is 2.10. The highest BCUT2D eigenvalue weighted by molar-refractivity contribution is 7.09. The third-order valence-electron chi connectivity index (χ3n) is 2.78. The molecular weight excluding hydrogens is 309 g/mol. The summed E-state index contributed by atoms with van der Waals surface area (Å²) in [6.45, 7) is 0.513. The lowest BCUT2D eigenvalue weighted by Gasteiger charge is -2.07. The van der Waals surface area contributed by atoms with E-state index in [-0.39, 0.29) is 19.0 Å². The quantitative estimate of drug-likeness (QED) is 0.449. The highest BCUT2D eigenvalue weighted by atomic mass is 32.1. The van der Waals surface area contributed by atoms with Crippen LogP contribution >= 0.6 is 11.3 Å². The van der Waals surface area contributed by atoms with Gasteiger partial charge < -0.3 is 10.1 Å². The number of hydrogen-bond acceptors (Lipinski definition) is 5.